The van der Waals surface area contributed by atoms with Crippen LogP contribution in [-0.2, 0) is 9.53 Å². The molecule has 2 heterocycles. The van der Waals surface area contributed by atoms with E-state index in [4.69, 9.17) is 21.1 Å². The summed E-state index contributed by atoms with van der Waals surface area (Å²) in [7, 11) is 0. The molecule has 0 unspecified atom stereocenters. The number of hydrogen-bond donors (Lipinski definition) is 2. The van der Waals surface area contributed by atoms with Crippen molar-refractivity contribution in [1.29, 1.82) is 0 Å². The third-order valence-electron chi connectivity index (χ3n) is 4.68. The number of rotatable bonds is 6. The van der Waals surface area contributed by atoms with Gasteiger partial charge in [-0.3, -0.25) is 4.79 Å². The molecule has 9 heteroatoms. The number of amides is 2. The van der Waals surface area contributed by atoms with Crippen molar-refractivity contribution in [3.8, 4) is 5.75 Å². The minimum absolute atomic E-state index is 0. The maximum absolute atomic E-state index is 12.9. The Morgan fingerprint density at radius 3 is 2.67 bits per heavy atom. The van der Waals surface area contributed by atoms with Crippen molar-refractivity contribution in [2.75, 3.05) is 39.3 Å². The van der Waals surface area contributed by atoms with Gasteiger partial charge in [-0.25, -0.2) is 4.79 Å². The molecule has 27 heavy (non-hydrogen) atoms. The van der Waals surface area contributed by atoms with Gasteiger partial charge in [0, 0.05) is 37.5 Å². The topological polar surface area (TPSA) is 79.9 Å². The van der Waals surface area contributed by atoms with E-state index < -0.39 is 5.60 Å². The van der Waals surface area contributed by atoms with Gasteiger partial charge in [0.15, 0.2) is 5.60 Å². The zero-order valence-electron chi connectivity index (χ0n) is 15.0. The van der Waals surface area contributed by atoms with Crippen LogP contribution in [0.4, 0.5) is 4.79 Å². The number of carbonyl (C=O) groups excluding carboxylic acids is 2. The standard InChI is InChI=1S/C18H24ClN3O4.ClH/c19-14-2-4-15(5-3-14)26-18(6-8-20-9-7-18)16(23)21-10-12-22-11-1-13-25-17(22)24;/h2-5,20H,1,6-13H2,(H,21,23);1H. The Morgan fingerprint density at radius 1 is 1.30 bits per heavy atom. The first-order valence-electron chi connectivity index (χ1n) is 8.94. The fourth-order valence-corrected chi connectivity index (χ4v) is 3.33. The SMILES string of the molecule is Cl.O=C1OCCCN1CCNC(=O)C1(Oc2ccc(Cl)cc2)CCNCC1. The average molecular weight is 418 g/mol. The molecule has 0 bridgehead atoms. The van der Waals surface area contributed by atoms with Gasteiger partial charge in [-0.05, 0) is 43.8 Å². The van der Waals surface area contributed by atoms with Crippen LogP contribution in [-0.4, -0.2) is 61.8 Å². The Morgan fingerprint density at radius 2 is 2.00 bits per heavy atom. The van der Waals surface area contributed by atoms with Crippen molar-refractivity contribution in [1.82, 2.24) is 15.5 Å². The molecule has 150 valence electrons. The van der Waals surface area contributed by atoms with Crippen molar-refractivity contribution in [2.45, 2.75) is 24.9 Å². The molecule has 2 N–H and O–H groups in total. The second-order valence-electron chi connectivity index (χ2n) is 6.51. The van der Waals surface area contributed by atoms with Gasteiger partial charge in [0.2, 0.25) is 0 Å². The van der Waals surface area contributed by atoms with E-state index in [-0.39, 0.29) is 24.4 Å². The third kappa shape index (κ3) is 5.64. The summed E-state index contributed by atoms with van der Waals surface area (Å²) in [4.78, 5) is 26.2. The number of piperidine rings is 1. The number of nitrogens with one attached hydrogen (secondary N) is 2. The van der Waals surface area contributed by atoms with E-state index >= 15 is 0 Å². The van der Waals surface area contributed by atoms with E-state index in [1.54, 1.807) is 29.2 Å². The maximum Gasteiger partial charge on any atom is 0.409 e. The molecule has 2 aliphatic heterocycles. The lowest BCUT2D eigenvalue weighted by molar-refractivity contribution is -0.139. The number of cyclic esters (lactones) is 1. The number of ether oxygens (including phenoxy) is 2. The quantitative estimate of drug-likeness (QED) is 0.741. The van der Waals surface area contributed by atoms with Crippen LogP contribution in [0, 0.1) is 0 Å². The lowest BCUT2D eigenvalue weighted by Gasteiger charge is -2.36. The van der Waals surface area contributed by atoms with Crippen molar-refractivity contribution >= 4 is 36.0 Å². The Hall–Kier alpha value is -1.70. The largest absolute Gasteiger partial charge is 0.477 e. The first kappa shape index (κ1) is 21.6. The smallest absolute Gasteiger partial charge is 0.409 e. The van der Waals surface area contributed by atoms with Crippen LogP contribution in [0.25, 0.3) is 0 Å². The summed E-state index contributed by atoms with van der Waals surface area (Å²) in [5.74, 6) is 0.463. The molecule has 2 aliphatic rings. The Bertz CT molecular complexity index is 636. The van der Waals surface area contributed by atoms with E-state index in [9.17, 15) is 9.59 Å². The summed E-state index contributed by atoms with van der Waals surface area (Å²) in [5, 5.41) is 6.80. The average Bonchev–Trinajstić information content (AvgIpc) is 2.66. The molecule has 0 spiro atoms. The van der Waals surface area contributed by atoms with Crippen molar-refractivity contribution in [3.63, 3.8) is 0 Å². The molecule has 7 nitrogen and oxygen atoms in total. The van der Waals surface area contributed by atoms with Crippen molar-refractivity contribution in [2.24, 2.45) is 0 Å². The predicted octanol–water partition coefficient (Wildman–Crippen LogP) is 2.22. The number of hydrogen-bond acceptors (Lipinski definition) is 5. The summed E-state index contributed by atoms with van der Waals surface area (Å²) in [6.07, 6.45) is 1.65. The first-order chi connectivity index (χ1) is 12.6. The fraction of sp³-hybridized carbons (Fsp3) is 0.556. The highest BCUT2D eigenvalue weighted by molar-refractivity contribution is 6.30. The Balaban J connectivity index is 0.00000261. The Labute approximate surface area is 170 Å². The lowest BCUT2D eigenvalue weighted by atomic mass is 9.91. The van der Waals surface area contributed by atoms with Gasteiger partial charge >= 0.3 is 6.09 Å². The molecule has 2 fully saturated rings. The van der Waals surface area contributed by atoms with Gasteiger partial charge in [-0.15, -0.1) is 12.4 Å². The molecule has 2 saturated heterocycles. The molecule has 0 aromatic heterocycles. The summed E-state index contributed by atoms with van der Waals surface area (Å²) in [5.41, 5.74) is -0.915. The van der Waals surface area contributed by atoms with E-state index in [1.807, 2.05) is 0 Å². The van der Waals surface area contributed by atoms with Gasteiger partial charge < -0.3 is 25.0 Å². The normalized spacial score (nSPS) is 18.9. The van der Waals surface area contributed by atoms with E-state index in [0.29, 0.717) is 62.9 Å². The highest BCUT2D eigenvalue weighted by Crippen LogP contribution is 2.28. The molecule has 0 saturated carbocycles. The van der Waals surface area contributed by atoms with Crippen molar-refractivity contribution in [3.05, 3.63) is 29.3 Å². The minimum Gasteiger partial charge on any atom is -0.477 e. The molecule has 0 radical (unpaired) electrons. The predicted molar refractivity (Wildman–Crippen MR) is 105 cm³/mol. The van der Waals surface area contributed by atoms with Gasteiger partial charge in [0.05, 0.1) is 6.61 Å². The summed E-state index contributed by atoms with van der Waals surface area (Å²) < 4.78 is 11.1. The molecular formula is C18H25Cl2N3O4. The van der Waals surface area contributed by atoms with Gasteiger partial charge in [0.25, 0.3) is 5.91 Å². The highest BCUT2D eigenvalue weighted by Gasteiger charge is 2.42. The second-order valence-corrected chi connectivity index (χ2v) is 6.95. The Kier molecular flexibility index (Phi) is 8.01. The monoisotopic (exact) mass is 417 g/mol. The van der Waals surface area contributed by atoms with Gasteiger partial charge in [-0.2, -0.15) is 0 Å². The van der Waals surface area contributed by atoms with Gasteiger partial charge in [0.1, 0.15) is 5.75 Å². The zero-order chi connectivity index (χ0) is 18.4. The number of benzene rings is 1. The maximum atomic E-state index is 12.9. The first-order valence-corrected chi connectivity index (χ1v) is 9.32. The fourth-order valence-electron chi connectivity index (χ4n) is 3.20. The molecule has 0 atom stereocenters. The second kappa shape index (κ2) is 10.0. The highest BCUT2D eigenvalue weighted by atomic mass is 35.5. The molecule has 3 rings (SSSR count). The molecule has 1 aromatic carbocycles. The van der Waals surface area contributed by atoms with Crippen molar-refractivity contribution < 1.29 is 19.1 Å². The van der Waals surface area contributed by atoms with Crippen LogP contribution in [0.2, 0.25) is 5.02 Å². The van der Waals surface area contributed by atoms with E-state index in [0.717, 1.165) is 6.42 Å². The van der Waals surface area contributed by atoms with Gasteiger partial charge in [-0.1, -0.05) is 11.6 Å². The van der Waals surface area contributed by atoms with Crippen LogP contribution in [0.15, 0.2) is 24.3 Å². The summed E-state index contributed by atoms with van der Waals surface area (Å²) >= 11 is 5.92. The zero-order valence-corrected chi connectivity index (χ0v) is 16.6. The number of halogens is 2. The molecule has 0 aliphatic carbocycles. The lowest BCUT2D eigenvalue weighted by Crippen LogP contribution is -2.57. The third-order valence-corrected chi connectivity index (χ3v) is 4.93. The summed E-state index contributed by atoms with van der Waals surface area (Å²) in [6.45, 7) is 3.34. The summed E-state index contributed by atoms with van der Waals surface area (Å²) in [6, 6.07) is 7.02. The molecular weight excluding hydrogens is 393 g/mol. The van der Waals surface area contributed by atoms with Crippen LogP contribution in [0.5, 0.6) is 5.75 Å². The van der Waals surface area contributed by atoms with E-state index in [1.165, 1.54) is 0 Å². The number of carbonyl (C=O) groups is 2. The van der Waals surface area contributed by atoms with Crippen LogP contribution < -0.4 is 15.4 Å². The van der Waals surface area contributed by atoms with Crippen LogP contribution >= 0.6 is 24.0 Å². The van der Waals surface area contributed by atoms with E-state index in [2.05, 4.69) is 10.6 Å². The molecule has 1 aromatic rings. The van der Waals surface area contributed by atoms with Crippen LogP contribution in [0.1, 0.15) is 19.3 Å². The number of nitrogens with zero attached hydrogens (tertiary/aromatic N) is 1. The minimum atomic E-state index is -0.915. The molecule has 2 amide bonds. The van der Waals surface area contributed by atoms with Crippen LogP contribution in [0.3, 0.4) is 0 Å².